The number of benzene rings is 2. The summed E-state index contributed by atoms with van der Waals surface area (Å²) in [6.07, 6.45) is -3.70. The molecule has 0 aromatic heterocycles. The van der Waals surface area contributed by atoms with Gasteiger partial charge in [-0.3, -0.25) is 0 Å². The molecule has 2 aromatic rings. The van der Waals surface area contributed by atoms with Gasteiger partial charge in [-0.15, -0.1) is 0 Å². The first-order valence-corrected chi connectivity index (χ1v) is 6.05. The lowest BCUT2D eigenvalue weighted by Gasteiger charge is -2.17. The van der Waals surface area contributed by atoms with Gasteiger partial charge in [0.2, 0.25) is 0 Å². The van der Waals surface area contributed by atoms with Crippen molar-refractivity contribution in [2.24, 2.45) is 0 Å². The molecule has 0 atom stereocenters. The molecule has 6 heteroatoms. The smallest absolute Gasteiger partial charge is 0.447 e. The van der Waals surface area contributed by atoms with Crippen LogP contribution in [0, 0.1) is 0 Å². The van der Waals surface area contributed by atoms with E-state index in [9.17, 15) is 9.59 Å². The van der Waals surface area contributed by atoms with Crippen molar-refractivity contribution in [2.75, 3.05) is 0 Å². The molecule has 0 aliphatic carbocycles. The highest BCUT2D eigenvalue weighted by molar-refractivity contribution is 5.63. The molecule has 0 saturated carbocycles. The minimum atomic E-state index is -1.73. The number of hydrogen-bond donors (Lipinski definition) is 1. The van der Waals surface area contributed by atoms with Crippen LogP contribution in [0.15, 0.2) is 60.7 Å². The topological polar surface area (TPSA) is 82.1 Å². The van der Waals surface area contributed by atoms with Crippen molar-refractivity contribution in [1.82, 2.24) is 0 Å². The van der Waals surface area contributed by atoms with E-state index >= 15 is 0 Å². The zero-order chi connectivity index (χ0) is 15.1. The van der Waals surface area contributed by atoms with Crippen molar-refractivity contribution < 1.29 is 29.2 Å². The Morgan fingerprint density at radius 1 is 0.810 bits per heavy atom. The average molecular weight is 288 g/mol. The van der Waals surface area contributed by atoms with E-state index in [0.29, 0.717) is 0 Å². The second-order valence-electron chi connectivity index (χ2n) is 4.00. The third kappa shape index (κ3) is 4.24. The molecular formula is C15H12O6. The zero-order valence-electron chi connectivity index (χ0n) is 10.8. The summed E-state index contributed by atoms with van der Waals surface area (Å²) < 4.78 is 5.12. The van der Waals surface area contributed by atoms with Gasteiger partial charge in [0.1, 0.15) is 0 Å². The number of hydrogen-bond acceptors (Lipinski definition) is 5. The van der Waals surface area contributed by atoms with Crippen LogP contribution in [-0.2, 0) is 14.5 Å². The molecule has 0 amide bonds. The zero-order valence-corrected chi connectivity index (χ0v) is 10.8. The molecule has 0 bridgehead atoms. The summed E-state index contributed by atoms with van der Waals surface area (Å²) in [5.41, 5.74) is 1.44. The minimum Gasteiger partial charge on any atom is -0.447 e. The molecule has 108 valence electrons. The lowest BCUT2D eigenvalue weighted by atomic mass is 10.0. The fourth-order valence-electron chi connectivity index (χ4n) is 1.77. The summed E-state index contributed by atoms with van der Waals surface area (Å²) in [6, 6.07) is 18.0. The molecule has 0 spiro atoms. The highest BCUT2D eigenvalue weighted by Crippen LogP contribution is 2.26. The Hall–Kier alpha value is -3.02. The summed E-state index contributed by atoms with van der Waals surface area (Å²) in [4.78, 5) is 29.4. The molecule has 0 radical (unpaired) electrons. The van der Waals surface area contributed by atoms with E-state index in [4.69, 9.17) is 9.84 Å². The predicted octanol–water partition coefficient (Wildman–Crippen LogP) is 3.54. The monoisotopic (exact) mass is 288 g/mol. The van der Waals surface area contributed by atoms with Gasteiger partial charge in [-0.2, -0.15) is 9.68 Å². The first kappa shape index (κ1) is 14.4. The van der Waals surface area contributed by atoms with Crippen LogP contribution in [0.25, 0.3) is 0 Å². The average Bonchev–Trinajstić information content (AvgIpc) is 2.52. The van der Waals surface area contributed by atoms with Crippen LogP contribution in [0.5, 0.6) is 0 Å². The predicted molar refractivity (Wildman–Crippen MR) is 71.4 cm³/mol. The Morgan fingerprint density at radius 2 is 1.29 bits per heavy atom. The van der Waals surface area contributed by atoms with Gasteiger partial charge in [0, 0.05) is 0 Å². The SMILES string of the molecule is O=C(O)OOC(=O)OC(c1ccccc1)c1ccccc1. The van der Waals surface area contributed by atoms with Crippen molar-refractivity contribution >= 4 is 12.3 Å². The molecule has 21 heavy (non-hydrogen) atoms. The van der Waals surface area contributed by atoms with E-state index in [-0.39, 0.29) is 0 Å². The summed E-state index contributed by atoms with van der Waals surface area (Å²) >= 11 is 0. The third-order valence-corrected chi connectivity index (χ3v) is 2.60. The molecule has 0 aliphatic heterocycles. The molecule has 2 aromatic carbocycles. The second-order valence-corrected chi connectivity index (χ2v) is 4.00. The fraction of sp³-hybridized carbons (Fsp3) is 0.0667. The Morgan fingerprint density at radius 3 is 1.71 bits per heavy atom. The van der Waals surface area contributed by atoms with Gasteiger partial charge in [0.05, 0.1) is 0 Å². The van der Waals surface area contributed by atoms with Crippen molar-refractivity contribution in [1.29, 1.82) is 0 Å². The van der Waals surface area contributed by atoms with Crippen LogP contribution < -0.4 is 0 Å². The van der Waals surface area contributed by atoms with E-state index in [1.807, 2.05) is 12.1 Å². The number of carbonyl (C=O) groups is 2. The molecule has 0 heterocycles. The largest absolute Gasteiger partial charge is 0.550 e. The summed E-state index contributed by atoms with van der Waals surface area (Å²) in [7, 11) is 0. The minimum absolute atomic E-state index is 0.718. The summed E-state index contributed by atoms with van der Waals surface area (Å²) in [5.74, 6) is 0. The number of rotatable bonds is 3. The van der Waals surface area contributed by atoms with Crippen LogP contribution in [0.3, 0.4) is 0 Å². The maximum absolute atomic E-state index is 11.5. The Labute approximate surface area is 120 Å². The van der Waals surface area contributed by atoms with Gasteiger partial charge in [0.25, 0.3) is 0 Å². The van der Waals surface area contributed by atoms with Crippen molar-refractivity contribution in [3.63, 3.8) is 0 Å². The first-order valence-electron chi connectivity index (χ1n) is 6.05. The highest BCUT2D eigenvalue weighted by atomic mass is 17.3. The normalized spacial score (nSPS) is 9.95. The third-order valence-electron chi connectivity index (χ3n) is 2.60. The van der Waals surface area contributed by atoms with Gasteiger partial charge in [0.15, 0.2) is 6.10 Å². The number of carbonyl (C=O) groups excluding carboxylic acids is 1. The first-order chi connectivity index (χ1) is 10.2. The lowest BCUT2D eigenvalue weighted by Crippen LogP contribution is -2.15. The van der Waals surface area contributed by atoms with Crippen LogP contribution in [0.1, 0.15) is 17.2 Å². The van der Waals surface area contributed by atoms with Crippen LogP contribution in [-0.4, -0.2) is 17.4 Å². The molecule has 0 unspecified atom stereocenters. The Bertz CT molecular complexity index is 557. The lowest BCUT2D eigenvalue weighted by molar-refractivity contribution is -0.216. The number of carboxylic acid groups (broad SMARTS) is 1. The Balaban J connectivity index is 2.17. The molecule has 1 N–H and O–H groups in total. The van der Waals surface area contributed by atoms with Crippen LogP contribution in [0.2, 0.25) is 0 Å². The van der Waals surface area contributed by atoms with Crippen molar-refractivity contribution in [2.45, 2.75) is 6.10 Å². The summed E-state index contributed by atoms with van der Waals surface area (Å²) in [5, 5.41) is 8.28. The van der Waals surface area contributed by atoms with Gasteiger partial charge in [-0.25, -0.2) is 9.68 Å². The molecular weight excluding hydrogens is 276 g/mol. The van der Waals surface area contributed by atoms with Crippen molar-refractivity contribution in [3.8, 4) is 0 Å². The molecule has 0 fully saturated rings. The highest BCUT2D eigenvalue weighted by Gasteiger charge is 2.21. The van der Waals surface area contributed by atoms with Gasteiger partial charge in [-0.05, 0) is 11.1 Å². The molecule has 0 aliphatic rings. The van der Waals surface area contributed by atoms with Crippen LogP contribution >= 0.6 is 0 Å². The maximum Gasteiger partial charge on any atom is 0.550 e. The maximum atomic E-state index is 11.5. The Kier molecular flexibility index (Phi) is 4.76. The molecule has 2 rings (SSSR count). The van der Waals surface area contributed by atoms with E-state index in [1.165, 1.54) is 0 Å². The van der Waals surface area contributed by atoms with E-state index in [0.717, 1.165) is 11.1 Å². The second kappa shape index (κ2) is 6.95. The fourth-order valence-corrected chi connectivity index (χ4v) is 1.77. The molecule has 6 nitrogen and oxygen atoms in total. The van der Waals surface area contributed by atoms with Gasteiger partial charge < -0.3 is 9.84 Å². The van der Waals surface area contributed by atoms with Gasteiger partial charge in [-0.1, -0.05) is 60.7 Å². The van der Waals surface area contributed by atoms with E-state index < -0.39 is 18.4 Å². The standard InChI is InChI=1S/C15H12O6/c16-14(17)20-21-15(18)19-13(11-7-3-1-4-8-11)12-9-5-2-6-10-12/h1-10,13H,(H,16,17). The quantitative estimate of drug-likeness (QED) is 0.528. The molecule has 0 saturated heterocycles. The van der Waals surface area contributed by atoms with E-state index in [1.54, 1.807) is 48.5 Å². The van der Waals surface area contributed by atoms with Crippen LogP contribution in [0.4, 0.5) is 9.59 Å². The summed E-state index contributed by atoms with van der Waals surface area (Å²) in [6.45, 7) is 0. The van der Waals surface area contributed by atoms with E-state index in [2.05, 4.69) is 9.78 Å². The van der Waals surface area contributed by atoms with Crippen molar-refractivity contribution in [3.05, 3.63) is 71.8 Å². The van der Waals surface area contributed by atoms with Gasteiger partial charge >= 0.3 is 12.3 Å². The number of ether oxygens (including phenoxy) is 1.